The van der Waals surface area contributed by atoms with Crippen LogP contribution in [0, 0.1) is 0 Å². The molecular weight excluding hydrogens is 356 g/mol. The number of carbonyl (C=O) groups is 2. The Morgan fingerprint density at radius 2 is 1.64 bits per heavy atom. The Labute approximate surface area is 165 Å². The lowest BCUT2D eigenvalue weighted by Gasteiger charge is -2.12. The summed E-state index contributed by atoms with van der Waals surface area (Å²) in [6, 6.07) is 15.1. The number of hydrogen-bond donors (Lipinski definition) is 1. The summed E-state index contributed by atoms with van der Waals surface area (Å²) >= 11 is 0. The maximum absolute atomic E-state index is 11.3. The third kappa shape index (κ3) is 7.76. The molecule has 0 saturated heterocycles. The van der Waals surface area contributed by atoms with Gasteiger partial charge in [-0.1, -0.05) is 48.6 Å². The first-order valence-electron chi connectivity index (χ1n) is 9.33. The average Bonchev–Trinajstić information content (AvgIpc) is 2.65. The van der Waals surface area contributed by atoms with E-state index >= 15 is 0 Å². The molecule has 0 heterocycles. The highest BCUT2D eigenvalue weighted by molar-refractivity contribution is 5.73. The number of hydrogen-bond acceptors (Lipinski definition) is 5. The lowest BCUT2D eigenvalue weighted by Crippen LogP contribution is -2.09. The maximum atomic E-state index is 11.3. The summed E-state index contributed by atoms with van der Waals surface area (Å²) in [5.74, 6) is -0.561. The number of esters is 2. The quantitative estimate of drug-likeness (QED) is 0.516. The first-order chi connectivity index (χ1) is 13.4. The Morgan fingerprint density at radius 3 is 2.32 bits per heavy atom. The minimum Gasteiger partial charge on any atom is -0.423 e. The van der Waals surface area contributed by atoms with Gasteiger partial charge in [-0.05, 0) is 48.9 Å². The molecule has 0 amide bonds. The molecule has 0 bridgehead atoms. The average molecular weight is 382 g/mol. The summed E-state index contributed by atoms with van der Waals surface area (Å²) in [6.07, 6.45) is 6.36. The standard InChI is InChI=1S/C23H26O5/c1-17(24)27-22-15-13-20(16-23(22)28-18(2)25)12-14-21(26)11-7-6-10-19-8-4-3-5-9-19/h3-6,8-10,13,15-16,21,26H,7,11-12,14H2,1-2H3/b10-6+. The topological polar surface area (TPSA) is 72.8 Å². The number of benzene rings is 2. The molecule has 2 aromatic rings. The highest BCUT2D eigenvalue weighted by atomic mass is 16.6. The molecule has 0 aromatic heterocycles. The van der Waals surface area contributed by atoms with Crippen LogP contribution in [-0.2, 0) is 16.0 Å². The van der Waals surface area contributed by atoms with Crippen molar-refractivity contribution >= 4 is 18.0 Å². The van der Waals surface area contributed by atoms with Crippen LogP contribution in [0.4, 0.5) is 0 Å². The summed E-state index contributed by atoms with van der Waals surface area (Å²) in [4.78, 5) is 22.4. The lowest BCUT2D eigenvalue weighted by molar-refractivity contribution is -0.134. The Balaban J connectivity index is 1.85. The second-order valence-corrected chi connectivity index (χ2v) is 6.55. The van der Waals surface area contributed by atoms with E-state index in [1.807, 2.05) is 36.4 Å². The summed E-state index contributed by atoms with van der Waals surface area (Å²) in [7, 11) is 0. The Hall–Kier alpha value is -2.92. The van der Waals surface area contributed by atoms with Gasteiger partial charge in [0.05, 0.1) is 6.10 Å². The highest BCUT2D eigenvalue weighted by Crippen LogP contribution is 2.29. The van der Waals surface area contributed by atoms with Gasteiger partial charge in [0.2, 0.25) is 0 Å². The van der Waals surface area contributed by atoms with Gasteiger partial charge in [-0.15, -0.1) is 0 Å². The molecule has 0 aliphatic carbocycles. The van der Waals surface area contributed by atoms with E-state index in [0.29, 0.717) is 19.3 Å². The van der Waals surface area contributed by atoms with E-state index in [4.69, 9.17) is 9.47 Å². The fraction of sp³-hybridized carbons (Fsp3) is 0.304. The van der Waals surface area contributed by atoms with Gasteiger partial charge < -0.3 is 14.6 Å². The second-order valence-electron chi connectivity index (χ2n) is 6.55. The van der Waals surface area contributed by atoms with Crippen LogP contribution in [0.15, 0.2) is 54.6 Å². The Bertz CT molecular complexity index is 811. The van der Waals surface area contributed by atoms with Crippen molar-refractivity contribution in [3.63, 3.8) is 0 Å². The van der Waals surface area contributed by atoms with Gasteiger partial charge in [0.1, 0.15) is 0 Å². The number of aliphatic hydroxyl groups is 1. The molecule has 2 rings (SSSR count). The summed E-state index contributed by atoms with van der Waals surface area (Å²) in [6.45, 7) is 2.57. The molecule has 0 aliphatic heterocycles. The van der Waals surface area contributed by atoms with E-state index in [9.17, 15) is 14.7 Å². The van der Waals surface area contributed by atoms with Crippen LogP contribution < -0.4 is 9.47 Å². The van der Waals surface area contributed by atoms with Gasteiger partial charge in [-0.25, -0.2) is 0 Å². The monoisotopic (exact) mass is 382 g/mol. The van der Waals surface area contributed by atoms with Gasteiger partial charge in [-0.3, -0.25) is 9.59 Å². The van der Waals surface area contributed by atoms with Gasteiger partial charge >= 0.3 is 11.9 Å². The maximum Gasteiger partial charge on any atom is 0.308 e. The first kappa shape index (κ1) is 21.4. The fourth-order valence-electron chi connectivity index (χ4n) is 2.73. The Kier molecular flexibility index (Phi) is 8.43. The largest absolute Gasteiger partial charge is 0.423 e. The summed E-state index contributed by atoms with van der Waals surface area (Å²) in [5, 5.41) is 10.2. The third-order valence-electron chi connectivity index (χ3n) is 4.06. The minimum absolute atomic E-state index is 0.207. The van der Waals surface area contributed by atoms with Crippen LogP contribution in [0.2, 0.25) is 0 Å². The zero-order valence-electron chi connectivity index (χ0n) is 16.3. The predicted octanol–water partition coefficient (Wildman–Crippen LogP) is 4.32. The van der Waals surface area contributed by atoms with E-state index < -0.39 is 18.0 Å². The lowest BCUT2D eigenvalue weighted by atomic mass is 10.0. The molecular formula is C23H26O5. The molecule has 5 heteroatoms. The highest BCUT2D eigenvalue weighted by Gasteiger charge is 2.12. The molecule has 28 heavy (non-hydrogen) atoms. The smallest absolute Gasteiger partial charge is 0.308 e. The van der Waals surface area contributed by atoms with Gasteiger partial charge in [0.25, 0.3) is 0 Å². The van der Waals surface area contributed by atoms with Crippen LogP contribution in [0.3, 0.4) is 0 Å². The predicted molar refractivity (Wildman–Crippen MR) is 108 cm³/mol. The van der Waals surface area contributed by atoms with Crippen molar-refractivity contribution < 1.29 is 24.2 Å². The number of aliphatic hydroxyl groups excluding tert-OH is 1. The molecule has 5 nitrogen and oxygen atoms in total. The van der Waals surface area contributed by atoms with Crippen LogP contribution in [0.5, 0.6) is 11.5 Å². The van der Waals surface area contributed by atoms with Gasteiger partial charge in [0.15, 0.2) is 11.5 Å². The van der Waals surface area contributed by atoms with Gasteiger partial charge in [0, 0.05) is 13.8 Å². The fourth-order valence-corrected chi connectivity index (χ4v) is 2.73. The molecule has 0 radical (unpaired) electrons. The van der Waals surface area contributed by atoms with E-state index in [2.05, 4.69) is 6.08 Å². The molecule has 1 unspecified atom stereocenters. The van der Waals surface area contributed by atoms with Crippen molar-refractivity contribution in [1.29, 1.82) is 0 Å². The van der Waals surface area contributed by atoms with Crippen molar-refractivity contribution in [2.24, 2.45) is 0 Å². The van der Waals surface area contributed by atoms with Crippen molar-refractivity contribution in [2.45, 2.75) is 45.6 Å². The number of allylic oxidation sites excluding steroid dienone is 1. The second kappa shape index (κ2) is 11.0. The summed E-state index contributed by atoms with van der Waals surface area (Å²) in [5.41, 5.74) is 2.04. The van der Waals surface area contributed by atoms with Crippen LogP contribution >= 0.6 is 0 Å². The molecule has 1 atom stereocenters. The molecule has 148 valence electrons. The van der Waals surface area contributed by atoms with E-state index in [1.54, 1.807) is 18.2 Å². The van der Waals surface area contributed by atoms with Crippen LogP contribution in [0.25, 0.3) is 6.08 Å². The number of carbonyl (C=O) groups excluding carboxylic acids is 2. The molecule has 0 fully saturated rings. The van der Waals surface area contributed by atoms with Crippen molar-refractivity contribution in [2.75, 3.05) is 0 Å². The zero-order chi connectivity index (χ0) is 20.4. The van der Waals surface area contributed by atoms with Crippen LogP contribution in [-0.4, -0.2) is 23.1 Å². The van der Waals surface area contributed by atoms with Crippen molar-refractivity contribution in [3.05, 3.63) is 65.7 Å². The van der Waals surface area contributed by atoms with Crippen molar-refractivity contribution in [1.82, 2.24) is 0 Å². The number of ether oxygens (including phenoxy) is 2. The van der Waals surface area contributed by atoms with E-state index in [-0.39, 0.29) is 11.5 Å². The SMILES string of the molecule is CC(=O)Oc1ccc(CCC(O)CC/C=C/c2ccccc2)cc1OC(C)=O. The number of aryl methyl sites for hydroxylation is 1. The minimum atomic E-state index is -0.490. The van der Waals surface area contributed by atoms with Gasteiger partial charge in [-0.2, -0.15) is 0 Å². The normalized spacial score (nSPS) is 12.0. The molecule has 0 aliphatic rings. The molecule has 0 saturated carbocycles. The number of rotatable bonds is 9. The third-order valence-corrected chi connectivity index (χ3v) is 4.06. The summed E-state index contributed by atoms with van der Waals surface area (Å²) < 4.78 is 10.2. The van der Waals surface area contributed by atoms with Crippen molar-refractivity contribution in [3.8, 4) is 11.5 Å². The molecule has 0 spiro atoms. The molecule has 1 N–H and O–H groups in total. The van der Waals surface area contributed by atoms with E-state index in [1.165, 1.54) is 13.8 Å². The Morgan fingerprint density at radius 1 is 0.964 bits per heavy atom. The zero-order valence-corrected chi connectivity index (χ0v) is 16.3. The molecule has 2 aromatic carbocycles. The van der Waals surface area contributed by atoms with E-state index in [0.717, 1.165) is 17.5 Å². The van der Waals surface area contributed by atoms with Crippen LogP contribution in [0.1, 0.15) is 44.2 Å². The first-order valence-corrected chi connectivity index (χ1v) is 9.33.